The number of hydrogen-bond donors (Lipinski definition) is 3. The Morgan fingerprint density at radius 1 is 1.24 bits per heavy atom. The van der Waals surface area contributed by atoms with Gasteiger partial charge in [0, 0.05) is 24.0 Å². The molecule has 0 aliphatic rings. The third-order valence-corrected chi connectivity index (χ3v) is 4.62. The van der Waals surface area contributed by atoms with Crippen molar-refractivity contribution in [2.45, 2.75) is 13.3 Å². The van der Waals surface area contributed by atoms with Gasteiger partial charge in [-0.3, -0.25) is 15.6 Å². The number of aromatic nitrogens is 1. The van der Waals surface area contributed by atoms with Crippen LogP contribution in [0.5, 0.6) is 0 Å². The van der Waals surface area contributed by atoms with E-state index < -0.39 is 0 Å². The number of thiazole rings is 1. The molecule has 0 aliphatic heterocycles. The minimum atomic E-state index is -0.315. The number of likely N-dealkylation sites (N-methyl/N-ethyl adjacent to an activating group) is 1. The van der Waals surface area contributed by atoms with Gasteiger partial charge in [0.2, 0.25) is 0 Å². The number of rotatable bonds is 6. The Morgan fingerprint density at radius 2 is 1.96 bits per heavy atom. The van der Waals surface area contributed by atoms with E-state index in [9.17, 15) is 4.79 Å². The number of nitrogens with one attached hydrogen (secondary N) is 3. The Balaban J connectivity index is 1.86. The average Bonchev–Trinajstić information content (AvgIpc) is 3.09. The fourth-order valence-corrected chi connectivity index (χ4v) is 2.97. The SMILES string of the molecule is CCc1ccc(-c2nc(C(=O)NNC(=S)NCCN(C)C)cs2)cc1. The van der Waals surface area contributed by atoms with Crippen LogP contribution in [0.15, 0.2) is 29.6 Å². The number of hydrogen-bond acceptors (Lipinski definition) is 5. The maximum Gasteiger partial charge on any atom is 0.289 e. The van der Waals surface area contributed by atoms with Gasteiger partial charge in [0.1, 0.15) is 10.7 Å². The summed E-state index contributed by atoms with van der Waals surface area (Å²) in [7, 11) is 3.96. The molecule has 2 rings (SSSR count). The van der Waals surface area contributed by atoms with E-state index in [0.29, 0.717) is 17.4 Å². The van der Waals surface area contributed by atoms with Crippen LogP contribution in [0.25, 0.3) is 10.6 Å². The second-order valence-electron chi connectivity index (χ2n) is 5.73. The van der Waals surface area contributed by atoms with Gasteiger partial charge in [-0.2, -0.15) is 0 Å². The summed E-state index contributed by atoms with van der Waals surface area (Å²) in [6.45, 7) is 3.67. The second kappa shape index (κ2) is 9.45. The van der Waals surface area contributed by atoms with Crippen LogP contribution in [0, 0.1) is 0 Å². The zero-order valence-electron chi connectivity index (χ0n) is 14.6. The van der Waals surface area contributed by atoms with Crippen molar-refractivity contribution in [3.63, 3.8) is 0 Å². The quantitative estimate of drug-likeness (QED) is 0.529. The van der Waals surface area contributed by atoms with Crippen molar-refractivity contribution in [2.24, 2.45) is 0 Å². The number of aryl methyl sites for hydroxylation is 1. The third kappa shape index (κ3) is 6.08. The topological polar surface area (TPSA) is 69.3 Å². The molecule has 1 heterocycles. The molecule has 1 aromatic carbocycles. The number of thiocarbonyl (C=S) groups is 1. The Labute approximate surface area is 157 Å². The normalized spacial score (nSPS) is 10.6. The number of benzene rings is 1. The lowest BCUT2D eigenvalue weighted by molar-refractivity contribution is 0.0939. The van der Waals surface area contributed by atoms with Gasteiger partial charge in [-0.05, 0) is 38.3 Å². The van der Waals surface area contributed by atoms with Crippen molar-refractivity contribution in [3.05, 3.63) is 40.9 Å². The average molecular weight is 378 g/mol. The van der Waals surface area contributed by atoms with E-state index in [0.717, 1.165) is 23.5 Å². The van der Waals surface area contributed by atoms with Crippen LogP contribution in [0.3, 0.4) is 0 Å². The van der Waals surface area contributed by atoms with E-state index in [1.165, 1.54) is 16.9 Å². The monoisotopic (exact) mass is 377 g/mol. The molecule has 2 aromatic rings. The Morgan fingerprint density at radius 3 is 2.60 bits per heavy atom. The highest BCUT2D eigenvalue weighted by molar-refractivity contribution is 7.80. The maximum atomic E-state index is 12.2. The van der Waals surface area contributed by atoms with E-state index in [2.05, 4.69) is 40.2 Å². The van der Waals surface area contributed by atoms with Gasteiger partial charge in [0.15, 0.2) is 5.11 Å². The molecule has 0 saturated heterocycles. The van der Waals surface area contributed by atoms with E-state index in [1.807, 2.05) is 31.1 Å². The molecule has 6 nitrogen and oxygen atoms in total. The molecule has 1 aromatic heterocycles. The standard InChI is InChI=1S/C17H23N5OS2/c1-4-12-5-7-13(8-6-12)16-19-14(11-25-16)15(23)20-21-17(24)18-9-10-22(2)3/h5-8,11H,4,9-10H2,1-3H3,(H,20,23)(H2,18,21,24). The Kier molecular flexibility index (Phi) is 7.30. The number of nitrogens with zero attached hydrogens (tertiary/aromatic N) is 2. The summed E-state index contributed by atoms with van der Waals surface area (Å²) in [4.78, 5) is 18.6. The van der Waals surface area contributed by atoms with Crippen LogP contribution >= 0.6 is 23.6 Å². The smallest absolute Gasteiger partial charge is 0.289 e. The van der Waals surface area contributed by atoms with Gasteiger partial charge in [0.25, 0.3) is 5.91 Å². The van der Waals surface area contributed by atoms with Crippen LogP contribution in [0.4, 0.5) is 0 Å². The zero-order chi connectivity index (χ0) is 18.2. The predicted octanol–water partition coefficient (Wildman–Crippen LogP) is 2.04. The van der Waals surface area contributed by atoms with Crippen molar-refractivity contribution in [3.8, 4) is 10.6 Å². The van der Waals surface area contributed by atoms with Crippen LogP contribution in [-0.4, -0.2) is 48.1 Å². The molecule has 1 amide bonds. The lowest BCUT2D eigenvalue weighted by atomic mass is 10.1. The lowest BCUT2D eigenvalue weighted by Gasteiger charge is -2.13. The molecule has 0 radical (unpaired) electrons. The molecule has 0 bridgehead atoms. The molecule has 0 aliphatic carbocycles. The first-order chi connectivity index (χ1) is 12.0. The van der Waals surface area contributed by atoms with E-state index in [1.54, 1.807) is 5.38 Å². The number of hydrazine groups is 1. The molecule has 0 atom stereocenters. The van der Waals surface area contributed by atoms with Crippen molar-refractivity contribution < 1.29 is 4.79 Å². The minimum Gasteiger partial charge on any atom is -0.360 e. The molecule has 0 saturated carbocycles. The van der Waals surface area contributed by atoms with Gasteiger partial charge < -0.3 is 10.2 Å². The van der Waals surface area contributed by atoms with Crippen molar-refractivity contribution in [1.29, 1.82) is 0 Å². The van der Waals surface area contributed by atoms with Gasteiger partial charge in [-0.25, -0.2) is 4.98 Å². The van der Waals surface area contributed by atoms with Gasteiger partial charge in [0.05, 0.1) is 0 Å². The van der Waals surface area contributed by atoms with E-state index in [-0.39, 0.29) is 5.91 Å². The summed E-state index contributed by atoms with van der Waals surface area (Å²) in [5.41, 5.74) is 7.89. The summed E-state index contributed by atoms with van der Waals surface area (Å²) >= 11 is 6.55. The minimum absolute atomic E-state index is 0.315. The maximum absolute atomic E-state index is 12.2. The van der Waals surface area contributed by atoms with E-state index in [4.69, 9.17) is 12.2 Å². The molecule has 134 valence electrons. The summed E-state index contributed by atoms with van der Waals surface area (Å²) in [6, 6.07) is 8.22. The van der Waals surface area contributed by atoms with Crippen LogP contribution in [-0.2, 0) is 6.42 Å². The molecule has 3 N–H and O–H groups in total. The molecular weight excluding hydrogens is 354 g/mol. The largest absolute Gasteiger partial charge is 0.360 e. The van der Waals surface area contributed by atoms with Crippen LogP contribution < -0.4 is 16.2 Å². The summed E-state index contributed by atoms with van der Waals surface area (Å²) < 4.78 is 0. The highest BCUT2D eigenvalue weighted by Crippen LogP contribution is 2.24. The van der Waals surface area contributed by atoms with Gasteiger partial charge in [-0.15, -0.1) is 11.3 Å². The van der Waals surface area contributed by atoms with Crippen molar-refractivity contribution >= 4 is 34.6 Å². The van der Waals surface area contributed by atoms with Gasteiger partial charge in [-0.1, -0.05) is 31.2 Å². The fraction of sp³-hybridized carbons (Fsp3) is 0.353. The van der Waals surface area contributed by atoms with E-state index >= 15 is 0 Å². The first-order valence-electron chi connectivity index (χ1n) is 8.03. The first kappa shape index (κ1) is 19.3. The van der Waals surface area contributed by atoms with Crippen molar-refractivity contribution in [2.75, 3.05) is 27.2 Å². The van der Waals surface area contributed by atoms with Crippen molar-refractivity contribution in [1.82, 2.24) is 26.1 Å². The van der Waals surface area contributed by atoms with Crippen LogP contribution in [0.1, 0.15) is 23.0 Å². The molecule has 0 fully saturated rings. The highest BCUT2D eigenvalue weighted by Gasteiger charge is 2.12. The number of amides is 1. The Hall–Kier alpha value is -2.03. The summed E-state index contributed by atoms with van der Waals surface area (Å²) in [5, 5.41) is 5.94. The molecule has 0 unspecified atom stereocenters. The second-order valence-corrected chi connectivity index (χ2v) is 6.99. The summed E-state index contributed by atoms with van der Waals surface area (Å²) in [6.07, 6.45) is 1.000. The van der Waals surface area contributed by atoms with Crippen LogP contribution in [0.2, 0.25) is 0 Å². The molecular formula is C17H23N5OS2. The summed E-state index contributed by atoms with van der Waals surface area (Å²) in [5.74, 6) is -0.315. The molecule has 0 spiro atoms. The predicted molar refractivity (Wildman–Crippen MR) is 107 cm³/mol. The zero-order valence-corrected chi connectivity index (χ0v) is 16.3. The van der Waals surface area contributed by atoms with Gasteiger partial charge >= 0.3 is 0 Å². The molecule has 8 heteroatoms. The highest BCUT2D eigenvalue weighted by atomic mass is 32.1. The number of carbonyl (C=O) groups excluding carboxylic acids is 1. The lowest BCUT2D eigenvalue weighted by Crippen LogP contribution is -2.48. The number of carbonyl (C=O) groups is 1. The first-order valence-corrected chi connectivity index (χ1v) is 9.32. The third-order valence-electron chi connectivity index (χ3n) is 3.48. The molecule has 25 heavy (non-hydrogen) atoms. The Bertz CT molecular complexity index is 712. The fourth-order valence-electron chi connectivity index (χ4n) is 2.01.